The van der Waals surface area contributed by atoms with Crippen molar-refractivity contribution in [1.82, 2.24) is 5.32 Å². The summed E-state index contributed by atoms with van der Waals surface area (Å²) in [4.78, 5) is 11.9. The summed E-state index contributed by atoms with van der Waals surface area (Å²) in [7, 11) is 0. The number of para-hydroxylation sites is 1. The van der Waals surface area contributed by atoms with E-state index in [0.29, 0.717) is 19.7 Å². The Bertz CT molecular complexity index is 407. The zero-order chi connectivity index (χ0) is 12.8. The molecule has 1 amide bonds. The Morgan fingerprint density at radius 3 is 3.06 bits per heavy atom. The summed E-state index contributed by atoms with van der Waals surface area (Å²) < 4.78 is 5.60. The topological polar surface area (TPSA) is 64.3 Å². The van der Waals surface area contributed by atoms with E-state index in [-0.39, 0.29) is 11.8 Å². The van der Waals surface area contributed by atoms with Crippen molar-refractivity contribution in [2.24, 2.45) is 11.7 Å². The number of hydrogen-bond acceptors (Lipinski definition) is 3. The third-order valence-electron chi connectivity index (χ3n) is 3.18. The molecule has 0 bridgehead atoms. The van der Waals surface area contributed by atoms with Gasteiger partial charge < -0.3 is 15.8 Å². The fraction of sp³-hybridized carbons (Fsp3) is 0.500. The number of amides is 1. The molecule has 1 unspecified atom stereocenters. The minimum atomic E-state index is -0.0715. The lowest BCUT2D eigenvalue weighted by Crippen LogP contribution is -2.37. The van der Waals surface area contributed by atoms with Gasteiger partial charge in [-0.25, -0.2) is 0 Å². The molecule has 18 heavy (non-hydrogen) atoms. The molecule has 0 spiro atoms. The molecule has 98 valence electrons. The first-order valence-corrected chi connectivity index (χ1v) is 6.49. The van der Waals surface area contributed by atoms with Crippen LogP contribution in [0.5, 0.6) is 5.75 Å². The molecule has 1 aliphatic rings. The highest BCUT2D eigenvalue weighted by molar-refractivity contribution is 5.79. The third kappa shape index (κ3) is 3.23. The normalized spacial score (nSPS) is 17.7. The number of benzene rings is 1. The van der Waals surface area contributed by atoms with Gasteiger partial charge in [0.1, 0.15) is 12.4 Å². The number of nitrogens with two attached hydrogens (primary N) is 1. The quantitative estimate of drug-likeness (QED) is 0.767. The number of hydrogen-bond donors (Lipinski definition) is 2. The summed E-state index contributed by atoms with van der Waals surface area (Å²) in [5.74, 6) is 0.920. The van der Waals surface area contributed by atoms with Gasteiger partial charge in [0.15, 0.2) is 0 Å². The summed E-state index contributed by atoms with van der Waals surface area (Å²) in [6, 6.07) is 7.89. The fourth-order valence-corrected chi connectivity index (χ4v) is 2.12. The zero-order valence-corrected chi connectivity index (χ0v) is 10.5. The van der Waals surface area contributed by atoms with Gasteiger partial charge in [-0.1, -0.05) is 18.2 Å². The highest BCUT2D eigenvalue weighted by Gasteiger charge is 2.25. The van der Waals surface area contributed by atoms with E-state index in [4.69, 9.17) is 10.5 Å². The van der Waals surface area contributed by atoms with Crippen LogP contribution >= 0.6 is 0 Å². The Kier molecular flexibility index (Phi) is 4.59. The molecule has 1 heterocycles. The van der Waals surface area contributed by atoms with Crippen molar-refractivity contribution >= 4 is 5.91 Å². The van der Waals surface area contributed by atoms with Crippen LogP contribution in [0.2, 0.25) is 0 Å². The highest BCUT2D eigenvalue weighted by atomic mass is 16.5. The van der Waals surface area contributed by atoms with Crippen LogP contribution in [0.4, 0.5) is 0 Å². The SMILES string of the molecule is NCCCCNC(=O)C1COc2ccccc2C1. The minimum absolute atomic E-state index is 0.0715. The maximum absolute atomic E-state index is 11.9. The van der Waals surface area contributed by atoms with Crippen LogP contribution < -0.4 is 15.8 Å². The molecule has 2 rings (SSSR count). The Morgan fingerprint density at radius 2 is 2.22 bits per heavy atom. The van der Waals surface area contributed by atoms with Crippen LogP contribution in [0.15, 0.2) is 24.3 Å². The minimum Gasteiger partial charge on any atom is -0.492 e. The van der Waals surface area contributed by atoms with Crippen molar-refractivity contribution in [3.63, 3.8) is 0 Å². The second kappa shape index (κ2) is 6.40. The third-order valence-corrected chi connectivity index (χ3v) is 3.18. The van der Waals surface area contributed by atoms with Crippen molar-refractivity contribution in [3.8, 4) is 5.75 Å². The summed E-state index contributed by atoms with van der Waals surface area (Å²) in [5.41, 5.74) is 6.53. The average Bonchev–Trinajstić information content (AvgIpc) is 2.43. The monoisotopic (exact) mass is 248 g/mol. The molecule has 4 heteroatoms. The molecular weight excluding hydrogens is 228 g/mol. The maximum atomic E-state index is 11.9. The van der Waals surface area contributed by atoms with E-state index in [2.05, 4.69) is 5.32 Å². The van der Waals surface area contributed by atoms with Gasteiger partial charge in [0.05, 0.1) is 5.92 Å². The van der Waals surface area contributed by atoms with E-state index in [1.165, 1.54) is 0 Å². The smallest absolute Gasteiger partial charge is 0.226 e. The second-order valence-corrected chi connectivity index (χ2v) is 4.61. The van der Waals surface area contributed by atoms with E-state index in [9.17, 15) is 4.79 Å². The first kappa shape index (κ1) is 12.9. The van der Waals surface area contributed by atoms with Crippen LogP contribution in [0.1, 0.15) is 18.4 Å². The lowest BCUT2D eigenvalue weighted by molar-refractivity contribution is -0.126. The number of rotatable bonds is 5. The van der Waals surface area contributed by atoms with Gasteiger partial charge in [0.25, 0.3) is 0 Å². The molecule has 1 aromatic carbocycles. The van der Waals surface area contributed by atoms with Crippen LogP contribution in [-0.2, 0) is 11.2 Å². The molecule has 1 aliphatic heterocycles. The molecular formula is C14H20N2O2. The molecule has 0 aliphatic carbocycles. The molecule has 3 N–H and O–H groups in total. The number of carbonyl (C=O) groups is 1. The van der Waals surface area contributed by atoms with E-state index in [1.54, 1.807) is 0 Å². The number of carbonyl (C=O) groups excluding carboxylic acids is 1. The molecule has 0 aromatic heterocycles. The van der Waals surface area contributed by atoms with Gasteiger partial charge in [-0.05, 0) is 37.4 Å². The highest BCUT2D eigenvalue weighted by Crippen LogP contribution is 2.26. The number of fused-ring (bicyclic) bond motifs is 1. The Hall–Kier alpha value is -1.55. The van der Waals surface area contributed by atoms with Crippen LogP contribution in [0.25, 0.3) is 0 Å². The maximum Gasteiger partial charge on any atom is 0.226 e. The van der Waals surface area contributed by atoms with Crippen LogP contribution in [0.3, 0.4) is 0 Å². The van der Waals surface area contributed by atoms with E-state index >= 15 is 0 Å². The van der Waals surface area contributed by atoms with Crippen LogP contribution in [0, 0.1) is 5.92 Å². The van der Waals surface area contributed by atoms with Gasteiger partial charge in [0.2, 0.25) is 5.91 Å². The molecule has 0 fully saturated rings. The van der Waals surface area contributed by atoms with Gasteiger partial charge in [-0.15, -0.1) is 0 Å². The summed E-state index contributed by atoms with van der Waals surface area (Å²) in [6.45, 7) is 1.85. The number of nitrogens with one attached hydrogen (secondary N) is 1. The molecule has 1 atom stereocenters. The summed E-state index contributed by atoms with van der Waals surface area (Å²) in [5, 5.41) is 2.94. The average molecular weight is 248 g/mol. The Balaban J connectivity index is 1.83. The van der Waals surface area contributed by atoms with E-state index in [0.717, 1.165) is 30.6 Å². The Labute approximate surface area is 108 Å². The molecule has 0 radical (unpaired) electrons. The lowest BCUT2D eigenvalue weighted by Gasteiger charge is -2.24. The number of ether oxygens (including phenoxy) is 1. The molecule has 0 saturated heterocycles. The zero-order valence-electron chi connectivity index (χ0n) is 10.5. The van der Waals surface area contributed by atoms with E-state index in [1.807, 2.05) is 24.3 Å². The second-order valence-electron chi connectivity index (χ2n) is 4.61. The van der Waals surface area contributed by atoms with Crippen molar-refractivity contribution in [2.45, 2.75) is 19.3 Å². The van der Waals surface area contributed by atoms with Crippen molar-refractivity contribution in [3.05, 3.63) is 29.8 Å². The van der Waals surface area contributed by atoms with E-state index < -0.39 is 0 Å². The predicted molar refractivity (Wildman–Crippen MR) is 70.4 cm³/mol. The lowest BCUT2D eigenvalue weighted by atomic mass is 9.96. The van der Waals surface area contributed by atoms with Gasteiger partial charge in [-0.2, -0.15) is 0 Å². The summed E-state index contributed by atoms with van der Waals surface area (Å²) >= 11 is 0. The molecule has 0 saturated carbocycles. The van der Waals surface area contributed by atoms with Crippen LogP contribution in [-0.4, -0.2) is 25.6 Å². The first-order chi connectivity index (χ1) is 8.81. The number of unbranched alkanes of at least 4 members (excludes halogenated alkanes) is 1. The van der Waals surface area contributed by atoms with Gasteiger partial charge in [0, 0.05) is 6.54 Å². The fourth-order valence-electron chi connectivity index (χ4n) is 2.12. The van der Waals surface area contributed by atoms with Crippen molar-refractivity contribution < 1.29 is 9.53 Å². The summed E-state index contributed by atoms with van der Waals surface area (Å²) in [6.07, 6.45) is 2.65. The standard InChI is InChI=1S/C14H20N2O2/c15-7-3-4-8-16-14(17)12-9-11-5-1-2-6-13(11)18-10-12/h1-2,5-6,12H,3-4,7-10,15H2,(H,16,17). The first-order valence-electron chi connectivity index (χ1n) is 6.49. The van der Waals surface area contributed by atoms with Gasteiger partial charge in [-0.3, -0.25) is 4.79 Å². The largest absolute Gasteiger partial charge is 0.492 e. The predicted octanol–water partition coefficient (Wildman–Crippen LogP) is 1.09. The molecule has 4 nitrogen and oxygen atoms in total. The molecule has 1 aromatic rings. The van der Waals surface area contributed by atoms with Crippen molar-refractivity contribution in [1.29, 1.82) is 0 Å². The van der Waals surface area contributed by atoms with Crippen molar-refractivity contribution in [2.75, 3.05) is 19.7 Å². The Morgan fingerprint density at radius 1 is 1.39 bits per heavy atom. The van der Waals surface area contributed by atoms with Gasteiger partial charge >= 0.3 is 0 Å².